The molecule has 0 amide bonds. The van der Waals surface area contributed by atoms with Crippen molar-refractivity contribution >= 4 is 22.6 Å². The first-order valence-electron chi connectivity index (χ1n) is 8.27. The van der Waals surface area contributed by atoms with Gasteiger partial charge in [-0.2, -0.15) is 0 Å². The van der Waals surface area contributed by atoms with Gasteiger partial charge in [0.1, 0.15) is 17.4 Å². The molecule has 1 aliphatic rings. The molecule has 128 valence electrons. The molecule has 2 aromatic carbocycles. The van der Waals surface area contributed by atoms with Crippen molar-refractivity contribution in [3.8, 4) is 5.75 Å². The van der Waals surface area contributed by atoms with Crippen molar-refractivity contribution < 1.29 is 9.15 Å². The fourth-order valence-electron chi connectivity index (χ4n) is 3.29. The van der Waals surface area contributed by atoms with Crippen LogP contribution in [0.1, 0.15) is 18.1 Å². The number of benzene rings is 2. The molecule has 0 bridgehead atoms. The van der Waals surface area contributed by atoms with Gasteiger partial charge in [-0.15, -0.1) is 0 Å². The average molecular weight is 356 g/mol. The first-order chi connectivity index (χ1) is 12.1. The van der Waals surface area contributed by atoms with Crippen LogP contribution < -0.4 is 10.2 Å². The fourth-order valence-corrected chi connectivity index (χ4v) is 3.46. The van der Waals surface area contributed by atoms with E-state index >= 15 is 0 Å². The van der Waals surface area contributed by atoms with Crippen molar-refractivity contribution in [2.24, 2.45) is 0 Å². The van der Waals surface area contributed by atoms with Gasteiger partial charge >= 0.3 is 0 Å². The lowest BCUT2D eigenvalue weighted by molar-refractivity contribution is 0.155. The minimum absolute atomic E-state index is 0.0325. The maximum atomic E-state index is 12.8. The molecule has 0 N–H and O–H groups in total. The van der Waals surface area contributed by atoms with Crippen molar-refractivity contribution in [3.63, 3.8) is 0 Å². The molecule has 1 aliphatic heterocycles. The summed E-state index contributed by atoms with van der Waals surface area (Å²) in [5.74, 6) is 0.912. The lowest BCUT2D eigenvalue weighted by Crippen LogP contribution is -2.32. The van der Waals surface area contributed by atoms with Crippen LogP contribution >= 0.6 is 11.6 Å². The van der Waals surface area contributed by atoms with Gasteiger partial charge in [-0.25, -0.2) is 0 Å². The molecule has 1 unspecified atom stereocenters. The van der Waals surface area contributed by atoms with Gasteiger partial charge in [0.2, 0.25) is 0 Å². The second-order valence-corrected chi connectivity index (χ2v) is 6.87. The zero-order valence-electron chi connectivity index (χ0n) is 13.9. The lowest BCUT2D eigenvalue weighted by atomic mass is 10.1. The molecule has 3 aromatic rings. The maximum absolute atomic E-state index is 12.8. The Bertz CT molecular complexity index is 982. The van der Waals surface area contributed by atoms with E-state index < -0.39 is 0 Å². The SMILES string of the molecule is CC1CN(Cc2coc3ccc(Cl)cc3c2=O)Cc2ccccc2O1. The molecule has 4 nitrogen and oxygen atoms in total. The standard InChI is InChI=1S/C20H18ClNO3/c1-13-9-22(10-14-4-2-3-5-18(14)25-13)11-15-12-24-19-7-6-16(21)8-17(19)20(15)23/h2-8,12-13H,9-11H2,1H3. The molecular formula is C20H18ClNO3. The van der Waals surface area contributed by atoms with Crippen LogP contribution in [0, 0.1) is 0 Å². The molecule has 0 saturated carbocycles. The predicted octanol–water partition coefficient (Wildman–Crippen LogP) is 4.23. The lowest BCUT2D eigenvalue weighted by Gasteiger charge is -2.21. The normalized spacial score (nSPS) is 17.8. The van der Waals surface area contributed by atoms with Crippen molar-refractivity contribution in [2.75, 3.05) is 6.54 Å². The molecule has 0 spiro atoms. The summed E-state index contributed by atoms with van der Waals surface area (Å²) in [5, 5.41) is 1.05. The smallest absolute Gasteiger partial charge is 0.197 e. The summed E-state index contributed by atoms with van der Waals surface area (Å²) in [7, 11) is 0. The number of ether oxygens (including phenoxy) is 1. The van der Waals surface area contributed by atoms with Gasteiger partial charge in [-0.1, -0.05) is 29.8 Å². The Morgan fingerprint density at radius 2 is 2.08 bits per heavy atom. The number of para-hydroxylation sites is 1. The van der Waals surface area contributed by atoms with Crippen molar-refractivity contribution in [1.29, 1.82) is 0 Å². The highest BCUT2D eigenvalue weighted by molar-refractivity contribution is 6.31. The third-order valence-corrected chi connectivity index (χ3v) is 4.65. The molecule has 2 heterocycles. The fraction of sp³-hybridized carbons (Fsp3) is 0.250. The molecule has 0 fully saturated rings. The molecular weight excluding hydrogens is 338 g/mol. The van der Waals surface area contributed by atoms with Crippen LogP contribution in [0.25, 0.3) is 11.0 Å². The molecule has 0 saturated heterocycles. The third kappa shape index (κ3) is 3.28. The van der Waals surface area contributed by atoms with E-state index in [1.807, 2.05) is 25.1 Å². The summed E-state index contributed by atoms with van der Waals surface area (Å²) in [5.41, 5.74) is 2.27. The quantitative estimate of drug-likeness (QED) is 0.690. The minimum atomic E-state index is -0.0325. The van der Waals surface area contributed by atoms with Gasteiger partial charge in [0, 0.05) is 35.8 Å². The largest absolute Gasteiger partial charge is 0.489 e. The number of nitrogens with zero attached hydrogens (tertiary/aromatic N) is 1. The summed E-state index contributed by atoms with van der Waals surface area (Å²) >= 11 is 6.02. The minimum Gasteiger partial charge on any atom is -0.489 e. The number of fused-ring (bicyclic) bond motifs is 2. The van der Waals surface area contributed by atoms with Crippen LogP contribution in [0.15, 0.2) is 57.9 Å². The van der Waals surface area contributed by atoms with E-state index in [2.05, 4.69) is 11.0 Å². The van der Waals surface area contributed by atoms with Gasteiger partial charge in [0.05, 0.1) is 11.6 Å². The molecule has 0 radical (unpaired) electrons. The van der Waals surface area contributed by atoms with E-state index in [0.717, 1.165) is 24.4 Å². The van der Waals surface area contributed by atoms with Crippen molar-refractivity contribution in [1.82, 2.24) is 4.90 Å². The Balaban J connectivity index is 1.67. The summed E-state index contributed by atoms with van der Waals surface area (Å²) < 4.78 is 11.6. The number of hydrogen-bond donors (Lipinski definition) is 0. The Labute approximate surface area is 150 Å². The monoisotopic (exact) mass is 355 g/mol. The van der Waals surface area contributed by atoms with Crippen LogP contribution in [0.5, 0.6) is 5.75 Å². The first kappa shape index (κ1) is 16.2. The molecule has 25 heavy (non-hydrogen) atoms. The van der Waals surface area contributed by atoms with E-state index in [4.69, 9.17) is 20.8 Å². The zero-order chi connectivity index (χ0) is 17.4. The second-order valence-electron chi connectivity index (χ2n) is 6.44. The summed E-state index contributed by atoms with van der Waals surface area (Å²) in [6.45, 7) is 4.01. The Morgan fingerprint density at radius 3 is 2.96 bits per heavy atom. The van der Waals surface area contributed by atoms with Crippen molar-refractivity contribution in [2.45, 2.75) is 26.1 Å². The number of hydrogen-bond acceptors (Lipinski definition) is 4. The number of halogens is 1. The van der Waals surface area contributed by atoms with Gasteiger partial charge < -0.3 is 9.15 Å². The van der Waals surface area contributed by atoms with E-state index in [-0.39, 0.29) is 11.5 Å². The van der Waals surface area contributed by atoms with Crippen LogP contribution in [0.2, 0.25) is 5.02 Å². The topological polar surface area (TPSA) is 42.7 Å². The summed E-state index contributed by atoms with van der Waals surface area (Å²) in [4.78, 5) is 15.0. The molecule has 1 aromatic heterocycles. The Kier molecular flexibility index (Phi) is 4.24. The summed E-state index contributed by atoms with van der Waals surface area (Å²) in [6.07, 6.45) is 1.60. The maximum Gasteiger partial charge on any atom is 0.197 e. The second kappa shape index (κ2) is 6.54. The van der Waals surface area contributed by atoms with E-state index in [9.17, 15) is 4.79 Å². The van der Waals surface area contributed by atoms with E-state index in [1.165, 1.54) is 0 Å². The highest BCUT2D eigenvalue weighted by atomic mass is 35.5. The van der Waals surface area contributed by atoms with Crippen LogP contribution in [0.3, 0.4) is 0 Å². The molecule has 0 aliphatic carbocycles. The first-order valence-corrected chi connectivity index (χ1v) is 8.65. The molecule has 5 heteroatoms. The van der Waals surface area contributed by atoms with Crippen LogP contribution in [-0.4, -0.2) is 17.5 Å². The summed E-state index contributed by atoms with van der Waals surface area (Å²) in [6, 6.07) is 13.1. The third-order valence-electron chi connectivity index (χ3n) is 4.41. The average Bonchev–Trinajstić information content (AvgIpc) is 2.75. The van der Waals surface area contributed by atoms with Gasteiger partial charge in [-0.05, 0) is 31.2 Å². The van der Waals surface area contributed by atoms with Gasteiger partial charge in [-0.3, -0.25) is 9.69 Å². The highest BCUT2D eigenvalue weighted by Gasteiger charge is 2.21. The van der Waals surface area contributed by atoms with E-state index in [1.54, 1.807) is 24.5 Å². The van der Waals surface area contributed by atoms with E-state index in [0.29, 0.717) is 28.1 Å². The van der Waals surface area contributed by atoms with Crippen molar-refractivity contribution in [3.05, 3.63) is 75.1 Å². The van der Waals surface area contributed by atoms with Crippen LogP contribution in [0.4, 0.5) is 0 Å². The zero-order valence-corrected chi connectivity index (χ0v) is 14.6. The van der Waals surface area contributed by atoms with Gasteiger partial charge in [0.15, 0.2) is 5.43 Å². The Morgan fingerprint density at radius 1 is 1.24 bits per heavy atom. The predicted molar refractivity (Wildman–Crippen MR) is 98.1 cm³/mol. The van der Waals surface area contributed by atoms with Crippen LogP contribution in [-0.2, 0) is 13.1 Å². The highest BCUT2D eigenvalue weighted by Crippen LogP contribution is 2.25. The van der Waals surface area contributed by atoms with Gasteiger partial charge in [0.25, 0.3) is 0 Å². The Hall–Kier alpha value is -2.30. The number of rotatable bonds is 2. The molecule has 4 rings (SSSR count). The molecule has 1 atom stereocenters.